The van der Waals surface area contributed by atoms with Crippen LogP contribution < -0.4 is 5.32 Å². The summed E-state index contributed by atoms with van der Waals surface area (Å²) in [6, 6.07) is 4.12. The van der Waals surface area contributed by atoms with Gasteiger partial charge in [-0.05, 0) is 30.4 Å². The van der Waals surface area contributed by atoms with E-state index in [1.807, 2.05) is 6.07 Å². The number of thiophene rings is 1. The van der Waals surface area contributed by atoms with Crippen LogP contribution >= 0.6 is 11.3 Å². The van der Waals surface area contributed by atoms with Crippen LogP contribution in [0.2, 0.25) is 0 Å². The van der Waals surface area contributed by atoms with Gasteiger partial charge < -0.3 is 10.4 Å². The first-order valence-corrected chi connectivity index (χ1v) is 5.61. The lowest BCUT2D eigenvalue weighted by atomic mass is 9.69. The molecule has 0 unspecified atom stereocenters. The van der Waals surface area contributed by atoms with E-state index >= 15 is 0 Å². The summed E-state index contributed by atoms with van der Waals surface area (Å²) < 4.78 is 0. The Bertz CT molecular complexity index is 248. The molecule has 1 saturated carbocycles. The molecule has 0 aromatic carbocycles. The summed E-state index contributed by atoms with van der Waals surface area (Å²) in [5, 5.41) is 15.9. The van der Waals surface area contributed by atoms with E-state index < -0.39 is 0 Å². The number of aliphatic hydroxyl groups is 1. The molecule has 1 aromatic rings. The number of hydrogen-bond acceptors (Lipinski definition) is 3. The van der Waals surface area contributed by atoms with Gasteiger partial charge in [0.05, 0.1) is 11.6 Å². The Labute approximate surface area is 82.6 Å². The molecule has 1 fully saturated rings. The van der Waals surface area contributed by atoms with Crippen LogP contribution in [-0.4, -0.2) is 18.3 Å². The molecule has 1 aromatic heterocycles. The molecule has 1 aliphatic carbocycles. The van der Waals surface area contributed by atoms with E-state index in [4.69, 9.17) is 0 Å². The average Bonchev–Trinajstić information content (AvgIpc) is 2.56. The van der Waals surface area contributed by atoms with Crippen molar-refractivity contribution >= 4 is 16.3 Å². The molecular weight excluding hydrogens is 182 g/mol. The summed E-state index contributed by atoms with van der Waals surface area (Å²) in [7, 11) is 0. The summed E-state index contributed by atoms with van der Waals surface area (Å²) in [6.07, 6.45) is 3.61. The van der Waals surface area contributed by atoms with Crippen molar-refractivity contribution in [3.8, 4) is 0 Å². The fourth-order valence-corrected chi connectivity index (χ4v) is 2.34. The van der Waals surface area contributed by atoms with Crippen molar-refractivity contribution in [2.45, 2.75) is 19.3 Å². The highest BCUT2D eigenvalue weighted by Gasteiger charge is 2.35. The van der Waals surface area contributed by atoms with E-state index in [0.29, 0.717) is 6.61 Å². The Hall–Kier alpha value is -0.540. The van der Waals surface area contributed by atoms with Gasteiger partial charge in [0.15, 0.2) is 0 Å². The molecule has 0 spiro atoms. The molecular formula is C10H15NOS. The van der Waals surface area contributed by atoms with Crippen LogP contribution in [0.3, 0.4) is 0 Å². The van der Waals surface area contributed by atoms with Crippen LogP contribution in [0.15, 0.2) is 17.5 Å². The normalized spacial score (nSPS) is 19.5. The molecule has 0 saturated heterocycles. The van der Waals surface area contributed by atoms with Crippen LogP contribution in [0.5, 0.6) is 0 Å². The molecule has 3 heteroatoms. The topological polar surface area (TPSA) is 32.3 Å². The van der Waals surface area contributed by atoms with Crippen molar-refractivity contribution in [2.75, 3.05) is 18.5 Å². The van der Waals surface area contributed by atoms with Crippen molar-refractivity contribution in [2.24, 2.45) is 5.41 Å². The molecule has 1 aliphatic rings. The van der Waals surface area contributed by atoms with Gasteiger partial charge in [-0.15, -0.1) is 11.3 Å². The molecule has 1 heterocycles. The number of aliphatic hydroxyl groups excluding tert-OH is 1. The minimum absolute atomic E-state index is 0.185. The second-order valence-electron chi connectivity index (χ2n) is 3.84. The predicted molar refractivity (Wildman–Crippen MR) is 56.2 cm³/mol. The Kier molecular flexibility index (Phi) is 2.56. The lowest BCUT2D eigenvalue weighted by molar-refractivity contribution is 0.0577. The van der Waals surface area contributed by atoms with Crippen molar-refractivity contribution in [1.82, 2.24) is 0 Å². The van der Waals surface area contributed by atoms with Crippen LogP contribution in [0.4, 0.5) is 5.00 Å². The lowest BCUT2D eigenvalue weighted by Gasteiger charge is -2.40. The molecule has 0 radical (unpaired) electrons. The largest absolute Gasteiger partial charge is 0.396 e. The van der Waals surface area contributed by atoms with Crippen molar-refractivity contribution < 1.29 is 5.11 Å². The maximum absolute atomic E-state index is 9.23. The van der Waals surface area contributed by atoms with E-state index in [2.05, 4.69) is 16.8 Å². The summed E-state index contributed by atoms with van der Waals surface area (Å²) in [5.74, 6) is 0. The van der Waals surface area contributed by atoms with E-state index in [1.165, 1.54) is 24.3 Å². The molecule has 72 valence electrons. The average molecular weight is 197 g/mol. The lowest BCUT2D eigenvalue weighted by Crippen LogP contribution is -2.39. The van der Waals surface area contributed by atoms with Gasteiger partial charge >= 0.3 is 0 Å². The van der Waals surface area contributed by atoms with Gasteiger partial charge in [0.25, 0.3) is 0 Å². The molecule has 2 N–H and O–H groups in total. The standard InChI is InChI=1S/C10H15NOS/c12-8-10(4-2-5-10)7-11-9-3-1-6-13-9/h1,3,6,11-12H,2,4-5,7-8H2. The fraction of sp³-hybridized carbons (Fsp3) is 0.600. The highest BCUT2D eigenvalue weighted by molar-refractivity contribution is 7.14. The van der Waals surface area contributed by atoms with Gasteiger partial charge in [-0.2, -0.15) is 0 Å². The highest BCUT2D eigenvalue weighted by atomic mass is 32.1. The van der Waals surface area contributed by atoms with E-state index in [0.717, 1.165) is 6.54 Å². The van der Waals surface area contributed by atoms with E-state index in [-0.39, 0.29) is 5.41 Å². The van der Waals surface area contributed by atoms with Crippen LogP contribution in [0.1, 0.15) is 19.3 Å². The summed E-state index contributed by atoms with van der Waals surface area (Å²) >= 11 is 1.72. The van der Waals surface area contributed by atoms with Gasteiger partial charge in [-0.3, -0.25) is 0 Å². The minimum atomic E-state index is 0.185. The molecule has 0 bridgehead atoms. The first-order valence-electron chi connectivity index (χ1n) is 4.73. The SMILES string of the molecule is OCC1(CNc2cccs2)CCC1. The first-order chi connectivity index (χ1) is 6.35. The second kappa shape index (κ2) is 3.68. The maximum atomic E-state index is 9.23. The van der Waals surface area contributed by atoms with Crippen molar-refractivity contribution in [3.05, 3.63) is 17.5 Å². The Morgan fingerprint density at radius 3 is 2.85 bits per heavy atom. The van der Waals surface area contributed by atoms with Crippen LogP contribution in [0.25, 0.3) is 0 Å². The van der Waals surface area contributed by atoms with Gasteiger partial charge in [-0.25, -0.2) is 0 Å². The number of rotatable bonds is 4. The zero-order chi connectivity index (χ0) is 9.15. The first kappa shape index (κ1) is 9.03. The van der Waals surface area contributed by atoms with Gasteiger partial charge in [-0.1, -0.05) is 6.42 Å². The van der Waals surface area contributed by atoms with Gasteiger partial charge in [0, 0.05) is 12.0 Å². The zero-order valence-corrected chi connectivity index (χ0v) is 8.44. The highest BCUT2D eigenvalue weighted by Crippen LogP contribution is 2.40. The monoisotopic (exact) mass is 197 g/mol. The third kappa shape index (κ3) is 1.86. The van der Waals surface area contributed by atoms with Crippen molar-refractivity contribution in [1.29, 1.82) is 0 Å². The second-order valence-corrected chi connectivity index (χ2v) is 4.79. The summed E-state index contributed by atoms with van der Waals surface area (Å²) in [5.41, 5.74) is 0.185. The molecule has 0 atom stereocenters. The third-order valence-corrected chi connectivity index (χ3v) is 3.74. The quantitative estimate of drug-likeness (QED) is 0.776. The third-order valence-electron chi connectivity index (χ3n) is 2.91. The molecule has 0 aliphatic heterocycles. The number of hydrogen-bond donors (Lipinski definition) is 2. The fourth-order valence-electron chi connectivity index (χ4n) is 1.72. The van der Waals surface area contributed by atoms with Gasteiger partial charge in [0.2, 0.25) is 0 Å². The molecule has 0 amide bonds. The van der Waals surface area contributed by atoms with Crippen molar-refractivity contribution in [3.63, 3.8) is 0 Å². The van der Waals surface area contributed by atoms with Crippen LogP contribution in [-0.2, 0) is 0 Å². The molecule has 13 heavy (non-hydrogen) atoms. The van der Waals surface area contributed by atoms with Gasteiger partial charge in [0.1, 0.15) is 0 Å². The number of nitrogens with one attached hydrogen (secondary N) is 1. The Balaban J connectivity index is 1.84. The molecule has 2 rings (SSSR count). The smallest absolute Gasteiger partial charge is 0.0882 e. The molecule has 2 nitrogen and oxygen atoms in total. The Morgan fingerprint density at radius 1 is 1.54 bits per heavy atom. The maximum Gasteiger partial charge on any atom is 0.0882 e. The summed E-state index contributed by atoms with van der Waals surface area (Å²) in [4.78, 5) is 0. The van der Waals surface area contributed by atoms with E-state index in [9.17, 15) is 5.11 Å². The van der Waals surface area contributed by atoms with Crippen LogP contribution in [0, 0.1) is 5.41 Å². The predicted octanol–water partition coefficient (Wildman–Crippen LogP) is 2.32. The number of anilines is 1. The zero-order valence-electron chi connectivity index (χ0n) is 7.62. The van der Waals surface area contributed by atoms with E-state index in [1.54, 1.807) is 11.3 Å². The minimum Gasteiger partial charge on any atom is -0.396 e. The Morgan fingerprint density at radius 2 is 2.38 bits per heavy atom. The summed E-state index contributed by atoms with van der Waals surface area (Å²) in [6.45, 7) is 1.25.